The molecule has 2 N–H and O–H groups in total. The quantitative estimate of drug-likeness (QED) is 0.219. The maximum atomic E-state index is 12.8. The summed E-state index contributed by atoms with van der Waals surface area (Å²) in [4.78, 5) is 15.9. The number of anilines is 1. The number of thioether (sulfide) groups is 1. The number of rotatable bonds is 8. The molecule has 1 amide bonds. The monoisotopic (exact) mass is 537 g/mol. The number of benzene rings is 3. The second-order valence-electron chi connectivity index (χ2n) is 8.23. The van der Waals surface area contributed by atoms with Gasteiger partial charge in [0, 0.05) is 34.0 Å². The SMILES string of the molecule is CCOc1ccc(-n2c(SCC(=O)Nc3ccc(C(F)(F)F)cc3)nnc2-c2c[nH]c3ccccc23)cc1. The van der Waals surface area contributed by atoms with Crippen LogP contribution in [0.1, 0.15) is 12.5 Å². The number of H-pyrrole nitrogens is 1. The Labute approximate surface area is 220 Å². The molecule has 0 aliphatic heterocycles. The lowest BCUT2D eigenvalue weighted by Gasteiger charge is -2.12. The van der Waals surface area contributed by atoms with Gasteiger partial charge in [0.05, 0.1) is 17.9 Å². The molecule has 5 rings (SSSR count). The normalized spacial score (nSPS) is 11.6. The standard InChI is InChI=1S/C27H22F3N5O2S/c1-2-37-20-13-11-19(12-14-20)35-25(22-15-31-23-6-4-3-5-21(22)23)33-34-26(35)38-16-24(36)32-18-9-7-17(8-10-18)27(28,29)30/h3-15,31H,2,16H2,1H3,(H,32,36). The Morgan fingerprint density at radius 1 is 1.03 bits per heavy atom. The molecule has 7 nitrogen and oxygen atoms in total. The van der Waals surface area contributed by atoms with Crippen molar-refractivity contribution >= 4 is 34.3 Å². The van der Waals surface area contributed by atoms with Crippen LogP contribution < -0.4 is 10.1 Å². The Morgan fingerprint density at radius 3 is 2.47 bits per heavy atom. The second kappa shape index (κ2) is 10.6. The van der Waals surface area contributed by atoms with Gasteiger partial charge in [0.2, 0.25) is 5.91 Å². The summed E-state index contributed by atoms with van der Waals surface area (Å²) in [5.41, 5.74) is 2.08. The third-order valence-corrected chi connectivity index (χ3v) is 6.63. The van der Waals surface area contributed by atoms with Crippen molar-refractivity contribution in [3.63, 3.8) is 0 Å². The van der Waals surface area contributed by atoms with Gasteiger partial charge in [0.15, 0.2) is 11.0 Å². The number of nitrogens with one attached hydrogen (secondary N) is 2. The maximum Gasteiger partial charge on any atom is 0.416 e. The van der Waals surface area contributed by atoms with Crippen molar-refractivity contribution in [3.05, 3.63) is 84.6 Å². The van der Waals surface area contributed by atoms with E-state index in [1.165, 1.54) is 23.9 Å². The number of hydrogen-bond acceptors (Lipinski definition) is 5. The number of para-hydroxylation sites is 1. The van der Waals surface area contributed by atoms with Crippen molar-refractivity contribution in [1.82, 2.24) is 19.7 Å². The Kier molecular flexibility index (Phi) is 7.10. The van der Waals surface area contributed by atoms with Gasteiger partial charge in [-0.2, -0.15) is 13.2 Å². The minimum atomic E-state index is -4.44. The van der Waals surface area contributed by atoms with E-state index in [0.717, 1.165) is 40.0 Å². The summed E-state index contributed by atoms with van der Waals surface area (Å²) in [5, 5.41) is 12.9. The molecule has 38 heavy (non-hydrogen) atoms. The van der Waals surface area contributed by atoms with Crippen LogP contribution in [0.2, 0.25) is 0 Å². The van der Waals surface area contributed by atoms with Gasteiger partial charge in [-0.15, -0.1) is 10.2 Å². The summed E-state index contributed by atoms with van der Waals surface area (Å²) in [7, 11) is 0. The Balaban J connectivity index is 1.41. The number of amides is 1. The van der Waals surface area contributed by atoms with Crippen molar-refractivity contribution in [2.45, 2.75) is 18.3 Å². The molecule has 0 saturated heterocycles. The van der Waals surface area contributed by atoms with Crippen molar-refractivity contribution < 1.29 is 22.7 Å². The van der Waals surface area contributed by atoms with Gasteiger partial charge < -0.3 is 15.0 Å². The topological polar surface area (TPSA) is 84.8 Å². The van der Waals surface area contributed by atoms with Crippen LogP contribution in [0.3, 0.4) is 0 Å². The number of carbonyl (C=O) groups excluding carboxylic acids is 1. The second-order valence-corrected chi connectivity index (χ2v) is 9.17. The van der Waals surface area contributed by atoms with Crippen LogP contribution in [0.5, 0.6) is 5.75 Å². The zero-order valence-electron chi connectivity index (χ0n) is 20.1. The summed E-state index contributed by atoms with van der Waals surface area (Å²) >= 11 is 1.17. The Morgan fingerprint density at radius 2 is 1.76 bits per heavy atom. The van der Waals surface area contributed by atoms with E-state index in [-0.39, 0.29) is 17.3 Å². The van der Waals surface area contributed by atoms with Crippen molar-refractivity contribution in [1.29, 1.82) is 0 Å². The molecule has 194 valence electrons. The van der Waals surface area contributed by atoms with E-state index in [0.29, 0.717) is 17.6 Å². The summed E-state index contributed by atoms with van der Waals surface area (Å²) in [5.74, 6) is 0.911. The fourth-order valence-corrected chi connectivity index (χ4v) is 4.71. The van der Waals surface area contributed by atoms with Crippen LogP contribution in [-0.2, 0) is 11.0 Å². The van der Waals surface area contributed by atoms with E-state index in [2.05, 4.69) is 20.5 Å². The first-order chi connectivity index (χ1) is 18.3. The fourth-order valence-electron chi connectivity index (χ4n) is 3.95. The minimum Gasteiger partial charge on any atom is -0.494 e. The van der Waals surface area contributed by atoms with Crippen LogP contribution in [0.25, 0.3) is 28.0 Å². The van der Waals surface area contributed by atoms with Gasteiger partial charge in [-0.05, 0) is 61.5 Å². The largest absolute Gasteiger partial charge is 0.494 e. The summed E-state index contributed by atoms with van der Waals surface area (Å²) in [6.45, 7) is 2.45. The predicted octanol–water partition coefficient (Wildman–Crippen LogP) is 6.56. The number of alkyl halides is 3. The zero-order chi connectivity index (χ0) is 26.7. The van der Waals surface area contributed by atoms with Crippen LogP contribution in [0, 0.1) is 0 Å². The number of hydrogen-bond donors (Lipinski definition) is 2. The van der Waals surface area contributed by atoms with E-state index >= 15 is 0 Å². The smallest absolute Gasteiger partial charge is 0.416 e. The molecular formula is C27H22F3N5O2S. The van der Waals surface area contributed by atoms with E-state index < -0.39 is 11.7 Å². The number of fused-ring (bicyclic) bond motifs is 1. The summed E-state index contributed by atoms with van der Waals surface area (Å²) in [6, 6.07) is 19.6. The average molecular weight is 538 g/mol. The molecule has 11 heteroatoms. The lowest BCUT2D eigenvalue weighted by atomic mass is 10.1. The van der Waals surface area contributed by atoms with Gasteiger partial charge in [-0.1, -0.05) is 30.0 Å². The average Bonchev–Trinajstić information content (AvgIpc) is 3.52. The molecule has 0 aliphatic rings. The van der Waals surface area contributed by atoms with E-state index in [1.807, 2.05) is 66.2 Å². The first-order valence-corrected chi connectivity index (χ1v) is 12.7. The molecule has 0 saturated carbocycles. The predicted molar refractivity (Wildman–Crippen MR) is 141 cm³/mol. The molecule has 2 heterocycles. The van der Waals surface area contributed by atoms with Crippen molar-refractivity contribution in [2.24, 2.45) is 0 Å². The highest BCUT2D eigenvalue weighted by molar-refractivity contribution is 7.99. The van der Waals surface area contributed by atoms with E-state index in [1.54, 1.807) is 0 Å². The first-order valence-electron chi connectivity index (χ1n) is 11.7. The van der Waals surface area contributed by atoms with Gasteiger partial charge in [-0.3, -0.25) is 9.36 Å². The highest BCUT2D eigenvalue weighted by Crippen LogP contribution is 2.33. The molecule has 0 unspecified atom stereocenters. The highest BCUT2D eigenvalue weighted by Gasteiger charge is 2.30. The fraction of sp³-hybridized carbons (Fsp3) is 0.148. The molecule has 0 bridgehead atoms. The lowest BCUT2D eigenvalue weighted by Crippen LogP contribution is -2.15. The molecule has 3 aromatic carbocycles. The zero-order valence-corrected chi connectivity index (χ0v) is 20.9. The highest BCUT2D eigenvalue weighted by atomic mass is 32.2. The molecule has 0 radical (unpaired) electrons. The molecule has 0 spiro atoms. The summed E-state index contributed by atoms with van der Waals surface area (Å²) < 4.78 is 45.8. The Hall–Kier alpha value is -4.25. The molecular weight excluding hydrogens is 515 g/mol. The van der Waals surface area contributed by atoms with Crippen molar-refractivity contribution in [2.75, 3.05) is 17.7 Å². The third-order valence-electron chi connectivity index (χ3n) is 5.70. The van der Waals surface area contributed by atoms with Crippen LogP contribution in [0.15, 0.2) is 84.1 Å². The lowest BCUT2D eigenvalue weighted by molar-refractivity contribution is -0.137. The van der Waals surface area contributed by atoms with E-state index in [9.17, 15) is 18.0 Å². The number of halogens is 3. The number of ether oxygens (including phenoxy) is 1. The van der Waals surface area contributed by atoms with Crippen LogP contribution in [0.4, 0.5) is 18.9 Å². The van der Waals surface area contributed by atoms with Gasteiger partial charge >= 0.3 is 6.18 Å². The molecule has 0 fully saturated rings. The number of aromatic nitrogens is 4. The van der Waals surface area contributed by atoms with Crippen LogP contribution in [-0.4, -0.2) is 38.0 Å². The van der Waals surface area contributed by atoms with Gasteiger partial charge in [-0.25, -0.2) is 0 Å². The van der Waals surface area contributed by atoms with Gasteiger partial charge in [0.1, 0.15) is 5.75 Å². The molecule has 0 aliphatic carbocycles. The Bertz CT molecular complexity index is 1560. The number of aromatic amines is 1. The van der Waals surface area contributed by atoms with E-state index in [4.69, 9.17) is 4.74 Å². The summed E-state index contributed by atoms with van der Waals surface area (Å²) in [6.07, 6.45) is -2.57. The third kappa shape index (κ3) is 5.37. The van der Waals surface area contributed by atoms with Gasteiger partial charge in [0.25, 0.3) is 0 Å². The molecule has 5 aromatic rings. The number of carbonyl (C=O) groups is 1. The maximum absolute atomic E-state index is 12.8. The number of nitrogens with zero attached hydrogens (tertiary/aromatic N) is 3. The van der Waals surface area contributed by atoms with Crippen molar-refractivity contribution in [3.8, 4) is 22.8 Å². The van der Waals surface area contributed by atoms with Crippen LogP contribution >= 0.6 is 11.8 Å². The molecule has 0 atom stereocenters. The molecule has 2 aromatic heterocycles. The minimum absolute atomic E-state index is 0.0237. The first kappa shape index (κ1) is 25.4.